The van der Waals surface area contributed by atoms with Crippen molar-refractivity contribution in [3.05, 3.63) is 10.7 Å². The van der Waals surface area contributed by atoms with E-state index in [-0.39, 0.29) is 12.4 Å². The van der Waals surface area contributed by atoms with Crippen LogP contribution in [0.1, 0.15) is 10.7 Å². The fourth-order valence-electron chi connectivity index (χ4n) is 2.88. The van der Waals surface area contributed by atoms with E-state index >= 15 is 0 Å². The second kappa shape index (κ2) is 5.29. The number of fused-ring (bicyclic) bond motifs is 1. The molecule has 2 fully saturated rings. The smallest absolute Gasteiger partial charge is 0.254 e. The first-order valence-corrected chi connectivity index (χ1v) is 8.39. The van der Waals surface area contributed by atoms with Gasteiger partial charge in [-0.1, -0.05) is 0 Å². The van der Waals surface area contributed by atoms with Crippen LogP contribution in [0.25, 0.3) is 0 Å². The molecule has 0 saturated carbocycles. The van der Waals surface area contributed by atoms with Gasteiger partial charge >= 0.3 is 0 Å². The van der Waals surface area contributed by atoms with Gasteiger partial charge in [-0.15, -0.1) is 23.7 Å². The Bertz CT molecular complexity index is 560. The summed E-state index contributed by atoms with van der Waals surface area (Å²) in [4.78, 5) is 4.22. The van der Waals surface area contributed by atoms with Crippen molar-refractivity contribution in [3.63, 3.8) is 0 Å². The number of aromatic nitrogens is 1. The SMILES string of the molecule is Cc1nc(C)c(S(=O)(=O)N2C[C@H]3CNC[C@H]3C2)s1.Cl. The molecule has 0 radical (unpaired) electrons. The molecule has 0 aromatic carbocycles. The van der Waals surface area contributed by atoms with Crippen LogP contribution in [0, 0.1) is 25.7 Å². The Hall–Kier alpha value is -0.210. The van der Waals surface area contributed by atoms with E-state index in [1.54, 1.807) is 11.2 Å². The Morgan fingerprint density at radius 2 is 1.84 bits per heavy atom. The van der Waals surface area contributed by atoms with E-state index in [1.165, 1.54) is 11.3 Å². The summed E-state index contributed by atoms with van der Waals surface area (Å²) in [7, 11) is -3.33. The topological polar surface area (TPSA) is 62.3 Å². The normalized spacial score (nSPS) is 27.3. The average molecular weight is 324 g/mol. The molecule has 0 aliphatic carbocycles. The molecule has 108 valence electrons. The van der Waals surface area contributed by atoms with Crippen LogP contribution in [0.5, 0.6) is 0 Å². The number of sulfonamides is 1. The zero-order chi connectivity index (χ0) is 12.9. The molecule has 1 N–H and O–H groups in total. The van der Waals surface area contributed by atoms with Crippen molar-refractivity contribution in [2.24, 2.45) is 11.8 Å². The summed E-state index contributed by atoms with van der Waals surface area (Å²) in [5.41, 5.74) is 0.632. The zero-order valence-corrected chi connectivity index (χ0v) is 13.4. The number of hydrogen-bond acceptors (Lipinski definition) is 5. The van der Waals surface area contributed by atoms with Gasteiger partial charge in [-0.2, -0.15) is 4.31 Å². The summed E-state index contributed by atoms with van der Waals surface area (Å²) in [6.45, 7) is 6.80. The Labute approximate surface area is 123 Å². The monoisotopic (exact) mass is 323 g/mol. The third-order valence-corrected chi connectivity index (χ3v) is 7.28. The van der Waals surface area contributed by atoms with Crippen molar-refractivity contribution in [1.82, 2.24) is 14.6 Å². The molecule has 1 aromatic heterocycles. The van der Waals surface area contributed by atoms with Gasteiger partial charge < -0.3 is 5.32 Å². The van der Waals surface area contributed by atoms with Gasteiger partial charge in [0.25, 0.3) is 10.0 Å². The quantitative estimate of drug-likeness (QED) is 0.882. The van der Waals surface area contributed by atoms with Crippen molar-refractivity contribution in [3.8, 4) is 0 Å². The summed E-state index contributed by atoms with van der Waals surface area (Å²) < 4.78 is 27.2. The van der Waals surface area contributed by atoms with Crippen LogP contribution >= 0.6 is 23.7 Å². The summed E-state index contributed by atoms with van der Waals surface area (Å²) in [5, 5.41) is 4.13. The molecule has 2 saturated heterocycles. The second-order valence-electron chi connectivity index (χ2n) is 5.11. The predicted molar refractivity (Wildman–Crippen MR) is 77.4 cm³/mol. The van der Waals surface area contributed by atoms with Crippen molar-refractivity contribution < 1.29 is 8.42 Å². The molecule has 2 aliphatic rings. The van der Waals surface area contributed by atoms with Crippen LogP contribution in [0.4, 0.5) is 0 Å². The standard InChI is InChI=1S/C11H17N3O2S2.ClH/c1-7-11(17-8(2)13-7)18(15,16)14-5-9-3-12-4-10(9)6-14;/h9-10,12H,3-6H2,1-2H3;1H/t9-,10+;. The fourth-order valence-corrected chi connectivity index (χ4v) is 6.05. The fraction of sp³-hybridized carbons (Fsp3) is 0.727. The van der Waals surface area contributed by atoms with Crippen molar-refractivity contribution in [2.45, 2.75) is 18.1 Å². The van der Waals surface area contributed by atoms with Crippen molar-refractivity contribution in [1.29, 1.82) is 0 Å². The van der Waals surface area contributed by atoms with E-state index in [9.17, 15) is 8.42 Å². The molecule has 3 heterocycles. The number of aryl methyl sites for hydroxylation is 2. The van der Waals surface area contributed by atoms with E-state index in [4.69, 9.17) is 0 Å². The molecular formula is C11H18ClN3O2S2. The Kier molecular flexibility index (Phi) is 4.23. The van der Waals surface area contributed by atoms with Crippen LogP contribution < -0.4 is 5.32 Å². The molecular weight excluding hydrogens is 306 g/mol. The first-order valence-electron chi connectivity index (χ1n) is 6.13. The van der Waals surface area contributed by atoms with Gasteiger partial charge in [0.15, 0.2) is 4.21 Å². The van der Waals surface area contributed by atoms with Crippen molar-refractivity contribution >= 4 is 33.8 Å². The average Bonchev–Trinajstić information content (AvgIpc) is 2.90. The van der Waals surface area contributed by atoms with E-state index < -0.39 is 10.0 Å². The number of rotatable bonds is 2. The number of hydrogen-bond donors (Lipinski definition) is 1. The lowest BCUT2D eigenvalue weighted by molar-refractivity contribution is 0.449. The number of nitrogens with one attached hydrogen (secondary N) is 1. The minimum absolute atomic E-state index is 0. The summed E-state index contributed by atoms with van der Waals surface area (Å²) in [6.07, 6.45) is 0. The predicted octanol–water partition coefficient (Wildman–Crippen LogP) is 1.02. The van der Waals surface area contributed by atoms with E-state index in [0.29, 0.717) is 34.8 Å². The summed E-state index contributed by atoms with van der Waals surface area (Å²) in [6, 6.07) is 0. The number of nitrogens with zero attached hydrogens (tertiary/aromatic N) is 2. The number of halogens is 1. The Balaban J connectivity index is 0.00000133. The highest BCUT2D eigenvalue weighted by molar-refractivity contribution is 7.91. The lowest BCUT2D eigenvalue weighted by Crippen LogP contribution is -2.31. The molecule has 3 rings (SSSR count). The lowest BCUT2D eigenvalue weighted by atomic mass is 10.0. The Morgan fingerprint density at radius 3 is 2.32 bits per heavy atom. The first kappa shape index (κ1) is 15.2. The van der Waals surface area contributed by atoms with E-state index in [0.717, 1.165) is 18.1 Å². The maximum Gasteiger partial charge on any atom is 0.254 e. The zero-order valence-electron chi connectivity index (χ0n) is 10.9. The maximum atomic E-state index is 12.6. The van der Waals surface area contributed by atoms with Gasteiger partial charge in [-0.3, -0.25) is 0 Å². The first-order chi connectivity index (χ1) is 8.48. The van der Waals surface area contributed by atoms with E-state index in [2.05, 4.69) is 10.3 Å². The highest BCUT2D eigenvalue weighted by Gasteiger charge is 2.42. The molecule has 2 aliphatic heterocycles. The second-order valence-corrected chi connectivity index (χ2v) is 8.44. The van der Waals surface area contributed by atoms with Crippen LogP contribution in [0.3, 0.4) is 0 Å². The summed E-state index contributed by atoms with van der Waals surface area (Å²) >= 11 is 1.28. The lowest BCUT2D eigenvalue weighted by Gasteiger charge is -2.16. The highest BCUT2D eigenvalue weighted by atomic mass is 35.5. The van der Waals surface area contributed by atoms with Gasteiger partial charge in [0.2, 0.25) is 0 Å². The molecule has 8 heteroatoms. The van der Waals surface area contributed by atoms with Gasteiger partial charge in [0.1, 0.15) is 0 Å². The molecule has 0 amide bonds. The minimum Gasteiger partial charge on any atom is -0.316 e. The largest absolute Gasteiger partial charge is 0.316 e. The number of thiazole rings is 1. The summed E-state index contributed by atoms with van der Waals surface area (Å²) in [5.74, 6) is 0.961. The van der Waals surface area contributed by atoms with Gasteiger partial charge in [0, 0.05) is 13.1 Å². The van der Waals surface area contributed by atoms with Crippen LogP contribution in [0.15, 0.2) is 4.21 Å². The van der Waals surface area contributed by atoms with Gasteiger partial charge in [0.05, 0.1) is 10.7 Å². The van der Waals surface area contributed by atoms with Crippen LogP contribution in [0.2, 0.25) is 0 Å². The third kappa shape index (κ3) is 2.54. The van der Waals surface area contributed by atoms with Crippen LogP contribution in [-0.4, -0.2) is 43.9 Å². The molecule has 19 heavy (non-hydrogen) atoms. The van der Waals surface area contributed by atoms with Gasteiger partial charge in [-0.05, 0) is 38.8 Å². The maximum absolute atomic E-state index is 12.6. The van der Waals surface area contributed by atoms with Gasteiger partial charge in [-0.25, -0.2) is 13.4 Å². The molecule has 0 spiro atoms. The minimum atomic E-state index is -3.33. The third-order valence-electron chi connectivity index (χ3n) is 3.79. The molecule has 2 atom stereocenters. The highest BCUT2D eigenvalue weighted by Crippen LogP contribution is 2.33. The van der Waals surface area contributed by atoms with Crippen molar-refractivity contribution in [2.75, 3.05) is 26.2 Å². The van der Waals surface area contributed by atoms with Crippen LogP contribution in [-0.2, 0) is 10.0 Å². The molecule has 0 unspecified atom stereocenters. The van der Waals surface area contributed by atoms with E-state index in [1.807, 2.05) is 6.92 Å². The molecule has 1 aromatic rings. The Morgan fingerprint density at radius 1 is 1.26 bits per heavy atom. The molecule has 0 bridgehead atoms. The molecule has 5 nitrogen and oxygen atoms in total.